The Hall–Kier alpha value is -1.06. The minimum Gasteiger partial charge on any atom is -0.378 e. The second-order valence-corrected chi connectivity index (χ2v) is 7.57. The number of aliphatic imine (C=N–C) groups is 1. The maximum Gasteiger partial charge on any atom is 0.191 e. The van der Waals surface area contributed by atoms with Crippen LogP contribution in [-0.2, 0) is 16.0 Å². The van der Waals surface area contributed by atoms with Crippen molar-refractivity contribution in [2.45, 2.75) is 51.2 Å². The van der Waals surface area contributed by atoms with E-state index in [1.165, 1.54) is 43.4 Å². The van der Waals surface area contributed by atoms with Gasteiger partial charge in [-0.05, 0) is 30.9 Å². The van der Waals surface area contributed by atoms with E-state index in [1.54, 1.807) is 0 Å². The Kier molecular flexibility index (Phi) is 11.7. The average molecular weight is 516 g/mol. The highest BCUT2D eigenvalue weighted by atomic mass is 127. The molecule has 0 unspecified atom stereocenters. The first-order valence-corrected chi connectivity index (χ1v) is 10.8. The lowest BCUT2D eigenvalue weighted by Crippen LogP contribution is -2.39. The third-order valence-corrected chi connectivity index (χ3v) is 5.53. The summed E-state index contributed by atoms with van der Waals surface area (Å²) in [5.74, 6) is 0.842. The Morgan fingerprint density at radius 3 is 2.66 bits per heavy atom. The molecule has 3 rings (SSSR count). The molecule has 6 nitrogen and oxygen atoms in total. The van der Waals surface area contributed by atoms with E-state index in [4.69, 9.17) is 9.47 Å². The molecule has 1 aliphatic heterocycles. The van der Waals surface area contributed by atoms with Crippen molar-refractivity contribution in [1.29, 1.82) is 0 Å². The third-order valence-electron chi connectivity index (χ3n) is 5.53. The number of benzene rings is 1. The van der Waals surface area contributed by atoms with Crippen LogP contribution in [0.4, 0.5) is 5.69 Å². The van der Waals surface area contributed by atoms with Crippen LogP contribution in [0.5, 0.6) is 0 Å². The topological polar surface area (TPSA) is 58.1 Å². The van der Waals surface area contributed by atoms with Crippen LogP contribution in [0, 0.1) is 0 Å². The van der Waals surface area contributed by atoms with Gasteiger partial charge in [-0.2, -0.15) is 0 Å². The molecule has 0 spiro atoms. The number of rotatable bonds is 8. The van der Waals surface area contributed by atoms with Gasteiger partial charge in [-0.1, -0.05) is 37.5 Å². The van der Waals surface area contributed by atoms with Gasteiger partial charge in [-0.25, -0.2) is 0 Å². The molecule has 164 valence electrons. The van der Waals surface area contributed by atoms with E-state index < -0.39 is 0 Å². The second kappa shape index (κ2) is 14.0. The van der Waals surface area contributed by atoms with Crippen molar-refractivity contribution >= 4 is 35.6 Å². The second-order valence-electron chi connectivity index (χ2n) is 7.57. The fourth-order valence-corrected chi connectivity index (χ4v) is 3.93. The number of halogens is 1. The lowest BCUT2D eigenvalue weighted by molar-refractivity contribution is 0.0277. The van der Waals surface area contributed by atoms with E-state index in [0.29, 0.717) is 6.10 Å². The molecule has 1 saturated carbocycles. The predicted molar refractivity (Wildman–Crippen MR) is 131 cm³/mol. The van der Waals surface area contributed by atoms with E-state index >= 15 is 0 Å². The molecule has 0 aromatic heterocycles. The molecule has 1 aliphatic carbocycles. The van der Waals surface area contributed by atoms with Crippen LogP contribution in [0.15, 0.2) is 29.3 Å². The highest BCUT2D eigenvalue weighted by Crippen LogP contribution is 2.21. The number of hydrogen-bond donors (Lipinski definition) is 2. The molecule has 2 aliphatic rings. The monoisotopic (exact) mass is 516 g/mol. The molecule has 1 heterocycles. The summed E-state index contributed by atoms with van der Waals surface area (Å²) in [7, 11) is 1.82. The highest BCUT2D eigenvalue weighted by molar-refractivity contribution is 14.0. The van der Waals surface area contributed by atoms with Gasteiger partial charge in [0.25, 0.3) is 0 Å². The van der Waals surface area contributed by atoms with Gasteiger partial charge < -0.3 is 25.0 Å². The minimum absolute atomic E-state index is 0. The summed E-state index contributed by atoms with van der Waals surface area (Å²) in [4.78, 5) is 6.75. The number of anilines is 1. The van der Waals surface area contributed by atoms with Gasteiger partial charge in [-0.15, -0.1) is 24.0 Å². The van der Waals surface area contributed by atoms with E-state index in [0.717, 1.165) is 58.4 Å². The zero-order valence-electron chi connectivity index (χ0n) is 17.7. The van der Waals surface area contributed by atoms with Crippen LogP contribution >= 0.6 is 24.0 Å². The van der Waals surface area contributed by atoms with Gasteiger partial charge in [0.2, 0.25) is 0 Å². The zero-order valence-corrected chi connectivity index (χ0v) is 20.0. The first kappa shape index (κ1) is 24.2. The Morgan fingerprint density at radius 2 is 1.90 bits per heavy atom. The summed E-state index contributed by atoms with van der Waals surface area (Å²) in [6, 6.07) is 8.58. The van der Waals surface area contributed by atoms with Gasteiger partial charge in [-0.3, -0.25) is 4.99 Å². The Balaban J connectivity index is 0.00000300. The molecule has 0 amide bonds. The van der Waals surface area contributed by atoms with E-state index in [9.17, 15) is 0 Å². The first-order valence-electron chi connectivity index (χ1n) is 10.8. The minimum atomic E-state index is 0. The van der Waals surface area contributed by atoms with Crippen molar-refractivity contribution in [2.75, 3.05) is 51.4 Å². The molecule has 2 fully saturated rings. The van der Waals surface area contributed by atoms with E-state index in [-0.39, 0.29) is 24.0 Å². The standard InChI is InChI=1S/C22H36N4O2.HI/c1-23-22(24-12-7-15-28-20-9-3-2-4-10-20)25-18-19-8-5-6-11-21(19)26-13-16-27-17-14-26;/h5-6,8,11,20H,2-4,7,9-10,12-18H2,1H3,(H2,23,24,25);1H. The number of para-hydroxylation sites is 1. The lowest BCUT2D eigenvalue weighted by Gasteiger charge is -2.30. The van der Waals surface area contributed by atoms with Crippen LogP contribution in [0.1, 0.15) is 44.1 Å². The summed E-state index contributed by atoms with van der Waals surface area (Å²) in [5, 5.41) is 6.85. The summed E-state index contributed by atoms with van der Waals surface area (Å²) in [5.41, 5.74) is 2.57. The third kappa shape index (κ3) is 8.30. The Labute approximate surface area is 192 Å². The quantitative estimate of drug-likeness (QED) is 0.240. The van der Waals surface area contributed by atoms with Crippen LogP contribution in [0.3, 0.4) is 0 Å². The van der Waals surface area contributed by atoms with Crippen molar-refractivity contribution < 1.29 is 9.47 Å². The molecule has 1 saturated heterocycles. The fraction of sp³-hybridized carbons (Fsp3) is 0.682. The molecule has 1 aromatic carbocycles. The molecule has 1 aromatic rings. The van der Waals surface area contributed by atoms with E-state index in [1.807, 2.05) is 7.05 Å². The van der Waals surface area contributed by atoms with Crippen molar-refractivity contribution in [1.82, 2.24) is 10.6 Å². The molecule has 7 heteroatoms. The summed E-state index contributed by atoms with van der Waals surface area (Å²) in [6.07, 6.45) is 7.98. The molecule has 2 N–H and O–H groups in total. The number of nitrogens with zero attached hydrogens (tertiary/aromatic N) is 2. The number of hydrogen-bond acceptors (Lipinski definition) is 4. The van der Waals surface area contributed by atoms with Crippen molar-refractivity contribution in [3.63, 3.8) is 0 Å². The molecule has 0 radical (unpaired) electrons. The molecular weight excluding hydrogens is 479 g/mol. The van der Waals surface area contributed by atoms with Gasteiger partial charge in [0.1, 0.15) is 0 Å². The van der Waals surface area contributed by atoms with Gasteiger partial charge in [0, 0.05) is 45.5 Å². The lowest BCUT2D eigenvalue weighted by atomic mass is 9.98. The molecular formula is C22H37IN4O2. The highest BCUT2D eigenvalue weighted by Gasteiger charge is 2.15. The van der Waals surface area contributed by atoms with E-state index in [2.05, 4.69) is 44.8 Å². The van der Waals surface area contributed by atoms with Gasteiger partial charge in [0.05, 0.1) is 19.3 Å². The largest absolute Gasteiger partial charge is 0.378 e. The number of nitrogens with one attached hydrogen (secondary N) is 2. The van der Waals surface area contributed by atoms with Crippen molar-refractivity contribution in [3.8, 4) is 0 Å². The Bertz CT molecular complexity index is 602. The molecule has 0 atom stereocenters. The zero-order chi connectivity index (χ0) is 19.4. The smallest absolute Gasteiger partial charge is 0.191 e. The van der Waals surface area contributed by atoms with Crippen molar-refractivity contribution in [2.24, 2.45) is 4.99 Å². The average Bonchev–Trinajstić information content (AvgIpc) is 2.77. The predicted octanol–water partition coefficient (Wildman–Crippen LogP) is 3.55. The maximum atomic E-state index is 5.99. The number of guanidine groups is 1. The van der Waals surface area contributed by atoms with Crippen LogP contribution < -0.4 is 15.5 Å². The van der Waals surface area contributed by atoms with Crippen LogP contribution in [0.25, 0.3) is 0 Å². The maximum absolute atomic E-state index is 5.99. The SMILES string of the molecule is CN=C(NCCCOC1CCCCC1)NCc1ccccc1N1CCOCC1.I. The summed E-state index contributed by atoms with van der Waals surface area (Å²) < 4.78 is 11.5. The Morgan fingerprint density at radius 1 is 1.14 bits per heavy atom. The number of morpholine rings is 1. The number of ether oxygens (including phenoxy) is 2. The summed E-state index contributed by atoms with van der Waals surface area (Å²) >= 11 is 0. The molecule has 29 heavy (non-hydrogen) atoms. The molecule has 0 bridgehead atoms. The first-order chi connectivity index (χ1) is 13.9. The van der Waals surface area contributed by atoms with Gasteiger partial charge in [0.15, 0.2) is 5.96 Å². The van der Waals surface area contributed by atoms with Crippen LogP contribution in [-0.4, -0.2) is 58.6 Å². The van der Waals surface area contributed by atoms with Crippen LogP contribution in [0.2, 0.25) is 0 Å². The normalized spacial score (nSPS) is 18.2. The fourth-order valence-electron chi connectivity index (χ4n) is 3.93. The van der Waals surface area contributed by atoms with Gasteiger partial charge >= 0.3 is 0 Å². The van der Waals surface area contributed by atoms with Crippen molar-refractivity contribution in [3.05, 3.63) is 29.8 Å². The summed E-state index contributed by atoms with van der Waals surface area (Å²) in [6.45, 7) is 5.95.